The lowest BCUT2D eigenvalue weighted by Crippen LogP contribution is -2.25. The summed E-state index contributed by atoms with van der Waals surface area (Å²) in [6.45, 7) is 1.49. The third kappa shape index (κ3) is 2.65. The van der Waals surface area contributed by atoms with Gasteiger partial charge in [-0.3, -0.25) is 4.79 Å². The zero-order valence-corrected chi connectivity index (χ0v) is 11.2. The molecule has 1 amide bonds. The Morgan fingerprint density at radius 1 is 1.45 bits per heavy atom. The van der Waals surface area contributed by atoms with E-state index in [1.54, 1.807) is 6.20 Å². The monoisotopic (exact) mass is 272 g/mol. The third-order valence-electron chi connectivity index (χ3n) is 3.21. The molecule has 0 saturated heterocycles. The summed E-state index contributed by atoms with van der Waals surface area (Å²) < 4.78 is 7.30. The Kier molecular flexibility index (Phi) is 3.39. The van der Waals surface area contributed by atoms with Crippen LogP contribution in [0.25, 0.3) is 0 Å². The predicted octanol–water partition coefficient (Wildman–Crippen LogP) is 1.04. The molecule has 6 heteroatoms. The van der Waals surface area contributed by atoms with Crippen LogP contribution in [0.4, 0.5) is 5.69 Å². The van der Waals surface area contributed by atoms with Crippen LogP contribution in [-0.2, 0) is 24.9 Å². The number of imidazole rings is 1. The Hall–Kier alpha value is -2.34. The summed E-state index contributed by atoms with van der Waals surface area (Å²) in [4.78, 5) is 15.5. The molecular weight excluding hydrogens is 256 g/mol. The van der Waals surface area contributed by atoms with Gasteiger partial charge in [0.15, 0.2) is 6.61 Å². The molecule has 2 N–H and O–H groups in total. The second-order valence-corrected chi connectivity index (χ2v) is 4.73. The van der Waals surface area contributed by atoms with E-state index in [2.05, 4.69) is 15.6 Å². The van der Waals surface area contributed by atoms with Crippen LogP contribution in [0.5, 0.6) is 5.75 Å². The first-order chi connectivity index (χ1) is 9.72. The fourth-order valence-corrected chi connectivity index (χ4v) is 2.13. The maximum atomic E-state index is 11.3. The van der Waals surface area contributed by atoms with E-state index in [1.165, 1.54) is 0 Å². The van der Waals surface area contributed by atoms with Gasteiger partial charge in [0.25, 0.3) is 5.91 Å². The van der Waals surface area contributed by atoms with Crippen molar-refractivity contribution in [2.24, 2.45) is 7.05 Å². The Morgan fingerprint density at radius 2 is 2.35 bits per heavy atom. The summed E-state index contributed by atoms with van der Waals surface area (Å²) in [5.41, 5.74) is 1.82. The number of ether oxygens (including phenoxy) is 1. The molecule has 0 fully saturated rings. The van der Waals surface area contributed by atoms with Crippen molar-refractivity contribution in [2.45, 2.75) is 13.1 Å². The van der Waals surface area contributed by atoms with Crippen molar-refractivity contribution in [2.75, 3.05) is 11.9 Å². The Morgan fingerprint density at radius 3 is 3.15 bits per heavy atom. The molecule has 0 bridgehead atoms. The first-order valence-corrected chi connectivity index (χ1v) is 6.45. The smallest absolute Gasteiger partial charge is 0.262 e. The molecule has 1 aliphatic rings. The highest BCUT2D eigenvalue weighted by molar-refractivity contribution is 5.95. The van der Waals surface area contributed by atoms with Crippen LogP contribution in [0.2, 0.25) is 0 Å². The van der Waals surface area contributed by atoms with Crippen molar-refractivity contribution in [1.29, 1.82) is 0 Å². The number of nitrogens with zero attached hydrogens (tertiary/aromatic N) is 2. The van der Waals surface area contributed by atoms with Crippen LogP contribution < -0.4 is 15.4 Å². The van der Waals surface area contributed by atoms with E-state index in [-0.39, 0.29) is 12.5 Å². The predicted molar refractivity (Wildman–Crippen MR) is 74.3 cm³/mol. The minimum absolute atomic E-state index is 0.0871. The molecule has 0 spiro atoms. The van der Waals surface area contributed by atoms with E-state index < -0.39 is 0 Å². The number of hydrogen-bond acceptors (Lipinski definition) is 4. The maximum Gasteiger partial charge on any atom is 0.262 e. The summed E-state index contributed by atoms with van der Waals surface area (Å²) in [5, 5.41) is 6.13. The van der Waals surface area contributed by atoms with Crippen LogP contribution in [-0.4, -0.2) is 22.1 Å². The van der Waals surface area contributed by atoms with Crippen LogP contribution in [0.1, 0.15) is 11.4 Å². The molecule has 3 rings (SSSR count). The molecule has 1 aromatic carbocycles. The maximum absolute atomic E-state index is 11.3. The van der Waals surface area contributed by atoms with Gasteiger partial charge in [0, 0.05) is 26.0 Å². The number of aromatic nitrogens is 2. The van der Waals surface area contributed by atoms with E-state index in [4.69, 9.17) is 4.74 Å². The topological polar surface area (TPSA) is 68.2 Å². The minimum atomic E-state index is -0.115. The number of benzene rings is 1. The fourth-order valence-electron chi connectivity index (χ4n) is 2.13. The molecule has 0 saturated carbocycles. The van der Waals surface area contributed by atoms with Crippen LogP contribution in [0.3, 0.4) is 0 Å². The second kappa shape index (κ2) is 5.34. The number of amides is 1. The van der Waals surface area contributed by atoms with Crippen molar-refractivity contribution in [1.82, 2.24) is 14.9 Å². The highest BCUT2D eigenvalue weighted by atomic mass is 16.5. The van der Waals surface area contributed by atoms with E-state index in [0.717, 1.165) is 22.8 Å². The highest BCUT2D eigenvalue weighted by Gasteiger charge is 2.15. The zero-order chi connectivity index (χ0) is 13.9. The quantitative estimate of drug-likeness (QED) is 0.872. The van der Waals surface area contributed by atoms with Gasteiger partial charge < -0.3 is 19.9 Å². The Labute approximate surface area is 116 Å². The molecule has 1 aliphatic heterocycles. The van der Waals surface area contributed by atoms with Crippen molar-refractivity contribution in [3.63, 3.8) is 0 Å². The van der Waals surface area contributed by atoms with Crippen molar-refractivity contribution >= 4 is 11.6 Å². The average molecular weight is 272 g/mol. The molecule has 6 nitrogen and oxygen atoms in total. The molecule has 20 heavy (non-hydrogen) atoms. The zero-order valence-electron chi connectivity index (χ0n) is 11.2. The number of carbonyl (C=O) groups is 1. The number of anilines is 1. The van der Waals surface area contributed by atoms with Crippen molar-refractivity contribution < 1.29 is 9.53 Å². The summed E-state index contributed by atoms with van der Waals surface area (Å²) >= 11 is 0. The first-order valence-electron chi connectivity index (χ1n) is 6.45. The Bertz CT molecular complexity index is 636. The SMILES string of the molecule is Cn1ccnc1CNCc1ccc2c(c1)NC(=O)CO2. The van der Waals surface area contributed by atoms with Crippen molar-refractivity contribution in [3.05, 3.63) is 42.0 Å². The molecule has 0 radical (unpaired) electrons. The summed E-state index contributed by atoms with van der Waals surface area (Å²) in [6, 6.07) is 5.80. The number of rotatable bonds is 4. The first kappa shape index (κ1) is 12.7. The van der Waals surface area contributed by atoms with Gasteiger partial charge in [-0.15, -0.1) is 0 Å². The van der Waals surface area contributed by atoms with Crippen molar-refractivity contribution in [3.8, 4) is 5.75 Å². The molecule has 2 heterocycles. The van der Waals surface area contributed by atoms with Crippen LogP contribution >= 0.6 is 0 Å². The lowest BCUT2D eigenvalue weighted by atomic mass is 10.1. The van der Waals surface area contributed by atoms with E-state index in [1.807, 2.05) is 36.0 Å². The van der Waals surface area contributed by atoms with E-state index >= 15 is 0 Å². The highest BCUT2D eigenvalue weighted by Crippen LogP contribution is 2.28. The van der Waals surface area contributed by atoms with Gasteiger partial charge in [-0.1, -0.05) is 6.07 Å². The molecule has 0 aliphatic carbocycles. The van der Waals surface area contributed by atoms with Gasteiger partial charge in [0.1, 0.15) is 11.6 Å². The number of nitrogens with one attached hydrogen (secondary N) is 2. The molecule has 1 aromatic heterocycles. The number of carbonyl (C=O) groups excluding carboxylic acids is 1. The number of hydrogen-bond donors (Lipinski definition) is 2. The van der Waals surface area contributed by atoms with Gasteiger partial charge in [0.05, 0.1) is 12.2 Å². The molecule has 2 aromatic rings. The van der Waals surface area contributed by atoms with Crippen LogP contribution in [0.15, 0.2) is 30.6 Å². The molecule has 104 valence electrons. The van der Waals surface area contributed by atoms with Crippen LogP contribution in [0, 0.1) is 0 Å². The second-order valence-electron chi connectivity index (χ2n) is 4.73. The van der Waals surface area contributed by atoms with Gasteiger partial charge >= 0.3 is 0 Å². The van der Waals surface area contributed by atoms with Gasteiger partial charge in [-0.25, -0.2) is 4.98 Å². The van der Waals surface area contributed by atoms with Gasteiger partial charge in [0.2, 0.25) is 0 Å². The number of aryl methyl sites for hydroxylation is 1. The lowest BCUT2D eigenvalue weighted by molar-refractivity contribution is -0.118. The standard InChI is InChI=1S/C14H16N4O2/c1-18-5-4-16-13(18)8-15-7-10-2-3-12-11(6-10)17-14(19)9-20-12/h2-6,15H,7-9H2,1H3,(H,17,19). The molecular formula is C14H16N4O2. The number of fused-ring (bicyclic) bond motifs is 1. The summed E-state index contributed by atoms with van der Waals surface area (Å²) in [7, 11) is 1.97. The fraction of sp³-hybridized carbons (Fsp3) is 0.286. The lowest BCUT2D eigenvalue weighted by Gasteiger charge is -2.18. The van der Waals surface area contributed by atoms with Gasteiger partial charge in [-0.2, -0.15) is 0 Å². The summed E-state index contributed by atoms with van der Waals surface area (Å²) in [5.74, 6) is 1.59. The third-order valence-corrected chi connectivity index (χ3v) is 3.21. The largest absolute Gasteiger partial charge is 0.482 e. The average Bonchev–Trinajstić information content (AvgIpc) is 2.84. The normalized spacial score (nSPS) is 13.6. The Balaban J connectivity index is 1.62. The van der Waals surface area contributed by atoms with Gasteiger partial charge in [-0.05, 0) is 17.7 Å². The molecule has 0 unspecified atom stereocenters. The summed E-state index contributed by atoms with van der Waals surface area (Å²) in [6.07, 6.45) is 3.70. The minimum Gasteiger partial charge on any atom is -0.482 e. The van der Waals surface area contributed by atoms with E-state index in [9.17, 15) is 4.79 Å². The van der Waals surface area contributed by atoms with E-state index in [0.29, 0.717) is 13.1 Å². The molecule has 0 atom stereocenters.